The van der Waals surface area contributed by atoms with Crippen molar-refractivity contribution in [2.24, 2.45) is 0 Å². The van der Waals surface area contributed by atoms with Crippen LogP contribution in [0, 0.1) is 0 Å². The molecular formula is C20H21N3O2. The number of carbonyl (C=O) groups excluding carboxylic acids is 1. The lowest BCUT2D eigenvalue weighted by Crippen LogP contribution is -2.35. The molecule has 0 spiro atoms. The molecule has 4 rings (SSSR count). The summed E-state index contributed by atoms with van der Waals surface area (Å²) in [7, 11) is 1.66. The molecule has 2 aromatic heterocycles. The van der Waals surface area contributed by atoms with Gasteiger partial charge in [-0.15, -0.1) is 0 Å². The molecule has 1 fully saturated rings. The van der Waals surface area contributed by atoms with E-state index in [1.165, 1.54) is 6.42 Å². The van der Waals surface area contributed by atoms with Crippen molar-refractivity contribution >= 4 is 16.9 Å². The molecule has 3 aromatic rings. The molecule has 5 nitrogen and oxygen atoms in total. The number of hydrogen-bond acceptors (Lipinski definition) is 3. The Hall–Kier alpha value is -2.82. The van der Waals surface area contributed by atoms with E-state index in [9.17, 15) is 4.79 Å². The number of ether oxygens (including phenoxy) is 1. The maximum absolute atomic E-state index is 12.7. The van der Waals surface area contributed by atoms with Gasteiger partial charge in [-0.2, -0.15) is 0 Å². The average Bonchev–Trinajstić information content (AvgIpc) is 3.11. The molecule has 128 valence electrons. The van der Waals surface area contributed by atoms with Crippen molar-refractivity contribution in [3.8, 4) is 11.4 Å². The number of methoxy groups -OCH3 is 1. The second kappa shape index (κ2) is 6.59. The molecule has 1 saturated heterocycles. The normalized spacial score (nSPS) is 14.7. The van der Waals surface area contributed by atoms with Crippen LogP contribution in [-0.4, -0.2) is 40.6 Å². The van der Waals surface area contributed by atoms with Gasteiger partial charge in [0.25, 0.3) is 5.91 Å². The fourth-order valence-corrected chi connectivity index (χ4v) is 3.39. The molecule has 0 radical (unpaired) electrons. The predicted molar refractivity (Wildman–Crippen MR) is 97.4 cm³/mol. The number of nitrogens with zero attached hydrogens (tertiary/aromatic N) is 3. The monoisotopic (exact) mass is 335 g/mol. The molecule has 0 N–H and O–H groups in total. The summed E-state index contributed by atoms with van der Waals surface area (Å²) in [6, 6.07) is 11.8. The Balaban J connectivity index is 1.67. The molecule has 1 aliphatic heterocycles. The van der Waals surface area contributed by atoms with E-state index in [2.05, 4.69) is 4.98 Å². The van der Waals surface area contributed by atoms with Gasteiger partial charge in [0.15, 0.2) is 0 Å². The summed E-state index contributed by atoms with van der Waals surface area (Å²) < 4.78 is 7.31. The summed E-state index contributed by atoms with van der Waals surface area (Å²) in [6.07, 6.45) is 7.06. The lowest BCUT2D eigenvalue weighted by atomic mass is 10.1. The number of hydrogen-bond donors (Lipinski definition) is 0. The van der Waals surface area contributed by atoms with E-state index in [0.29, 0.717) is 5.56 Å². The van der Waals surface area contributed by atoms with Gasteiger partial charge in [0, 0.05) is 36.9 Å². The Kier molecular flexibility index (Phi) is 4.14. The van der Waals surface area contributed by atoms with Crippen LogP contribution in [0.1, 0.15) is 29.6 Å². The minimum absolute atomic E-state index is 0.0863. The van der Waals surface area contributed by atoms with Crippen LogP contribution in [0.25, 0.3) is 16.7 Å². The van der Waals surface area contributed by atoms with Crippen LogP contribution in [0.15, 0.2) is 48.8 Å². The summed E-state index contributed by atoms with van der Waals surface area (Å²) in [4.78, 5) is 19.2. The predicted octanol–water partition coefficient (Wildman–Crippen LogP) is 3.66. The van der Waals surface area contributed by atoms with Gasteiger partial charge < -0.3 is 14.2 Å². The van der Waals surface area contributed by atoms with E-state index in [-0.39, 0.29) is 5.91 Å². The van der Waals surface area contributed by atoms with Gasteiger partial charge in [-0.1, -0.05) is 6.07 Å². The number of rotatable bonds is 3. The smallest absolute Gasteiger partial charge is 0.255 e. The van der Waals surface area contributed by atoms with Crippen LogP contribution in [0.3, 0.4) is 0 Å². The molecule has 1 aromatic carbocycles. The molecule has 0 saturated carbocycles. The third kappa shape index (κ3) is 2.97. The van der Waals surface area contributed by atoms with Gasteiger partial charge in [-0.3, -0.25) is 4.79 Å². The van der Waals surface area contributed by atoms with E-state index in [0.717, 1.165) is 48.4 Å². The van der Waals surface area contributed by atoms with Crippen LogP contribution in [-0.2, 0) is 0 Å². The summed E-state index contributed by atoms with van der Waals surface area (Å²) in [5.41, 5.74) is 2.48. The maximum atomic E-state index is 12.7. The highest BCUT2D eigenvalue weighted by Gasteiger charge is 2.19. The summed E-state index contributed by atoms with van der Waals surface area (Å²) in [5.74, 6) is 0.888. The van der Waals surface area contributed by atoms with Gasteiger partial charge in [-0.05, 0) is 43.5 Å². The van der Waals surface area contributed by atoms with Crippen molar-refractivity contribution in [1.29, 1.82) is 0 Å². The Morgan fingerprint density at radius 2 is 1.96 bits per heavy atom. The molecule has 1 aliphatic rings. The highest BCUT2D eigenvalue weighted by Crippen LogP contribution is 2.23. The van der Waals surface area contributed by atoms with E-state index in [4.69, 9.17) is 4.74 Å². The first-order valence-electron chi connectivity index (χ1n) is 8.67. The van der Waals surface area contributed by atoms with E-state index >= 15 is 0 Å². The Labute approximate surface area is 146 Å². The van der Waals surface area contributed by atoms with Crippen LogP contribution in [0.4, 0.5) is 0 Å². The third-order valence-corrected chi connectivity index (χ3v) is 4.75. The molecule has 5 heteroatoms. The molecule has 1 amide bonds. The zero-order valence-electron chi connectivity index (χ0n) is 14.3. The summed E-state index contributed by atoms with van der Waals surface area (Å²) in [6.45, 7) is 1.70. The maximum Gasteiger partial charge on any atom is 0.255 e. The fraction of sp³-hybridized carbons (Fsp3) is 0.300. The van der Waals surface area contributed by atoms with Crippen molar-refractivity contribution < 1.29 is 9.53 Å². The Bertz CT molecular complexity index is 910. The van der Waals surface area contributed by atoms with Crippen molar-refractivity contribution in [2.45, 2.75) is 19.3 Å². The Morgan fingerprint density at radius 1 is 1.12 bits per heavy atom. The fourth-order valence-electron chi connectivity index (χ4n) is 3.39. The molecular weight excluding hydrogens is 314 g/mol. The molecule has 0 aliphatic carbocycles. The van der Waals surface area contributed by atoms with Gasteiger partial charge in [0.1, 0.15) is 11.4 Å². The number of benzene rings is 1. The van der Waals surface area contributed by atoms with Crippen LogP contribution >= 0.6 is 0 Å². The lowest BCUT2D eigenvalue weighted by Gasteiger charge is -2.26. The largest absolute Gasteiger partial charge is 0.497 e. The van der Waals surface area contributed by atoms with Gasteiger partial charge in [-0.25, -0.2) is 4.98 Å². The lowest BCUT2D eigenvalue weighted by molar-refractivity contribution is 0.0724. The van der Waals surface area contributed by atoms with Crippen LogP contribution in [0.5, 0.6) is 5.75 Å². The second-order valence-corrected chi connectivity index (χ2v) is 6.38. The van der Waals surface area contributed by atoms with E-state index < -0.39 is 0 Å². The van der Waals surface area contributed by atoms with Crippen molar-refractivity contribution in [1.82, 2.24) is 14.5 Å². The molecule has 3 heterocycles. The van der Waals surface area contributed by atoms with Gasteiger partial charge in [0.05, 0.1) is 18.4 Å². The zero-order valence-corrected chi connectivity index (χ0v) is 14.3. The number of pyridine rings is 1. The van der Waals surface area contributed by atoms with Crippen molar-refractivity contribution in [3.05, 3.63) is 54.4 Å². The summed E-state index contributed by atoms with van der Waals surface area (Å²) in [5, 5.41) is 0.964. The number of fused-ring (bicyclic) bond motifs is 1. The highest BCUT2D eigenvalue weighted by molar-refractivity contribution is 5.97. The highest BCUT2D eigenvalue weighted by atomic mass is 16.5. The number of aromatic nitrogens is 2. The number of carbonyl (C=O) groups is 1. The first-order chi connectivity index (χ1) is 12.3. The average molecular weight is 335 g/mol. The second-order valence-electron chi connectivity index (χ2n) is 6.38. The Morgan fingerprint density at radius 3 is 2.76 bits per heavy atom. The number of piperidine rings is 1. The molecule has 25 heavy (non-hydrogen) atoms. The zero-order chi connectivity index (χ0) is 17.2. The SMILES string of the molecule is COc1cccc(-n2ccc3cc(C(=O)N4CCCCC4)cnc32)c1. The van der Waals surface area contributed by atoms with Crippen molar-refractivity contribution in [3.63, 3.8) is 0 Å². The molecule has 0 atom stereocenters. The third-order valence-electron chi connectivity index (χ3n) is 4.75. The van der Waals surface area contributed by atoms with Crippen LogP contribution in [0.2, 0.25) is 0 Å². The number of likely N-dealkylation sites (tertiary alicyclic amines) is 1. The standard InChI is InChI=1S/C20H21N3O2/c1-25-18-7-5-6-17(13-18)23-11-8-15-12-16(14-21-19(15)23)20(24)22-9-3-2-4-10-22/h5-8,11-14H,2-4,9-10H2,1H3. The van der Waals surface area contributed by atoms with E-state index in [1.54, 1.807) is 13.3 Å². The van der Waals surface area contributed by atoms with E-state index in [1.807, 2.05) is 52.1 Å². The topological polar surface area (TPSA) is 47.4 Å². The quantitative estimate of drug-likeness (QED) is 0.734. The number of amides is 1. The minimum atomic E-state index is 0.0863. The van der Waals surface area contributed by atoms with Gasteiger partial charge >= 0.3 is 0 Å². The minimum Gasteiger partial charge on any atom is -0.497 e. The molecule has 0 bridgehead atoms. The summed E-state index contributed by atoms with van der Waals surface area (Å²) >= 11 is 0. The first-order valence-corrected chi connectivity index (χ1v) is 8.67. The molecule has 0 unspecified atom stereocenters. The van der Waals surface area contributed by atoms with Crippen LogP contribution < -0.4 is 4.74 Å². The first kappa shape index (κ1) is 15.7. The van der Waals surface area contributed by atoms with Gasteiger partial charge in [0.2, 0.25) is 0 Å². The van der Waals surface area contributed by atoms with Crippen molar-refractivity contribution in [2.75, 3.05) is 20.2 Å².